The highest BCUT2D eigenvalue weighted by molar-refractivity contribution is 8.26. The fourth-order valence-electron chi connectivity index (χ4n) is 1.86. The maximum Gasteiger partial charge on any atom is 0.303 e. The molecular formula is C14H12FNO4S2. The lowest BCUT2D eigenvalue weighted by atomic mass is 10.1. The van der Waals surface area contributed by atoms with Crippen molar-refractivity contribution in [3.05, 3.63) is 34.5 Å². The Kier molecular flexibility index (Phi) is 5.15. The van der Waals surface area contributed by atoms with Gasteiger partial charge in [0.25, 0.3) is 5.91 Å². The average molecular weight is 341 g/mol. The van der Waals surface area contributed by atoms with Gasteiger partial charge in [0.1, 0.15) is 15.9 Å². The summed E-state index contributed by atoms with van der Waals surface area (Å²) < 4.78 is 13.5. The normalized spacial score (nSPS) is 16.6. The zero-order valence-electron chi connectivity index (χ0n) is 11.3. The minimum Gasteiger partial charge on any atom is -0.507 e. The standard InChI is InChI=1S/C14H12FNO4S2/c15-9-3-4-10(17)8(6-9)7-11-13(20)16(14(21)22-11)5-1-2-12(18)19/h3-4,6-7,17H,1-2,5H2,(H,18,19). The molecule has 1 saturated heterocycles. The van der Waals surface area contributed by atoms with Gasteiger partial charge in [-0.3, -0.25) is 14.5 Å². The van der Waals surface area contributed by atoms with Crippen LogP contribution in [0.4, 0.5) is 4.39 Å². The number of rotatable bonds is 5. The van der Waals surface area contributed by atoms with Crippen molar-refractivity contribution in [1.29, 1.82) is 0 Å². The molecule has 5 nitrogen and oxygen atoms in total. The van der Waals surface area contributed by atoms with Gasteiger partial charge in [0.2, 0.25) is 0 Å². The summed E-state index contributed by atoms with van der Waals surface area (Å²) in [5.41, 5.74) is 0.186. The quantitative estimate of drug-likeness (QED) is 0.633. The Hall–Kier alpha value is -1.93. The number of aromatic hydroxyl groups is 1. The summed E-state index contributed by atoms with van der Waals surface area (Å²) in [7, 11) is 0. The van der Waals surface area contributed by atoms with Gasteiger partial charge in [0, 0.05) is 18.5 Å². The van der Waals surface area contributed by atoms with E-state index in [0.717, 1.165) is 23.9 Å². The van der Waals surface area contributed by atoms with Crippen molar-refractivity contribution in [2.75, 3.05) is 6.54 Å². The second kappa shape index (κ2) is 6.89. The van der Waals surface area contributed by atoms with Crippen LogP contribution in [0.3, 0.4) is 0 Å². The first-order chi connectivity index (χ1) is 10.4. The minimum absolute atomic E-state index is 0.0548. The molecule has 1 heterocycles. The molecule has 22 heavy (non-hydrogen) atoms. The summed E-state index contributed by atoms with van der Waals surface area (Å²) >= 11 is 6.13. The average Bonchev–Trinajstić information content (AvgIpc) is 2.70. The van der Waals surface area contributed by atoms with E-state index < -0.39 is 11.8 Å². The molecule has 0 aliphatic carbocycles. The van der Waals surface area contributed by atoms with Crippen LogP contribution < -0.4 is 0 Å². The number of phenolic OH excluding ortho intramolecular Hbond substituents is 1. The molecule has 0 spiro atoms. The van der Waals surface area contributed by atoms with Crippen LogP contribution in [-0.4, -0.2) is 37.9 Å². The molecule has 0 unspecified atom stereocenters. The molecule has 2 N–H and O–H groups in total. The van der Waals surface area contributed by atoms with E-state index in [9.17, 15) is 19.1 Å². The molecule has 1 aromatic rings. The highest BCUT2D eigenvalue weighted by Gasteiger charge is 2.31. The number of benzene rings is 1. The van der Waals surface area contributed by atoms with Crippen molar-refractivity contribution in [3.63, 3.8) is 0 Å². The van der Waals surface area contributed by atoms with Crippen LogP contribution in [-0.2, 0) is 9.59 Å². The first-order valence-electron chi connectivity index (χ1n) is 6.34. The molecule has 0 saturated carbocycles. The number of thioether (sulfide) groups is 1. The molecule has 0 bridgehead atoms. The molecule has 1 aliphatic heterocycles. The van der Waals surface area contributed by atoms with Crippen LogP contribution in [0.2, 0.25) is 0 Å². The topological polar surface area (TPSA) is 77.8 Å². The largest absolute Gasteiger partial charge is 0.507 e. The molecule has 1 amide bonds. The molecule has 116 valence electrons. The highest BCUT2D eigenvalue weighted by atomic mass is 32.2. The molecule has 0 atom stereocenters. The summed E-state index contributed by atoms with van der Waals surface area (Å²) in [5, 5.41) is 18.3. The van der Waals surface area contributed by atoms with E-state index >= 15 is 0 Å². The number of carbonyl (C=O) groups is 2. The number of carboxylic acid groups (broad SMARTS) is 1. The lowest BCUT2D eigenvalue weighted by Gasteiger charge is -2.13. The third-order valence-electron chi connectivity index (χ3n) is 2.92. The fraction of sp³-hybridized carbons (Fsp3) is 0.214. The van der Waals surface area contributed by atoms with Crippen molar-refractivity contribution in [3.8, 4) is 5.75 Å². The third kappa shape index (κ3) is 3.83. The van der Waals surface area contributed by atoms with Gasteiger partial charge >= 0.3 is 5.97 Å². The first kappa shape index (κ1) is 16.4. The van der Waals surface area contributed by atoms with Gasteiger partial charge in [-0.1, -0.05) is 24.0 Å². The smallest absolute Gasteiger partial charge is 0.303 e. The lowest BCUT2D eigenvalue weighted by molar-refractivity contribution is -0.137. The maximum absolute atomic E-state index is 13.2. The molecule has 8 heteroatoms. The van der Waals surface area contributed by atoms with E-state index in [1.165, 1.54) is 17.0 Å². The van der Waals surface area contributed by atoms with E-state index in [-0.39, 0.29) is 35.1 Å². The van der Waals surface area contributed by atoms with Crippen LogP contribution in [0, 0.1) is 5.82 Å². The summed E-state index contributed by atoms with van der Waals surface area (Å²) in [6.07, 6.45) is 1.61. The summed E-state index contributed by atoms with van der Waals surface area (Å²) in [6, 6.07) is 3.44. The number of aliphatic carboxylic acids is 1. The fourth-order valence-corrected chi connectivity index (χ4v) is 3.16. The van der Waals surface area contributed by atoms with Crippen molar-refractivity contribution in [2.24, 2.45) is 0 Å². The Morgan fingerprint density at radius 2 is 2.18 bits per heavy atom. The Labute approximate surface area is 135 Å². The Bertz CT molecular complexity index is 675. The van der Waals surface area contributed by atoms with Crippen molar-refractivity contribution in [2.45, 2.75) is 12.8 Å². The zero-order valence-corrected chi connectivity index (χ0v) is 12.9. The predicted molar refractivity (Wildman–Crippen MR) is 84.8 cm³/mol. The van der Waals surface area contributed by atoms with Crippen LogP contribution in [0.15, 0.2) is 23.1 Å². The predicted octanol–water partition coefficient (Wildman–Crippen LogP) is 2.60. The highest BCUT2D eigenvalue weighted by Crippen LogP contribution is 2.34. The number of phenols is 1. The van der Waals surface area contributed by atoms with Gasteiger partial charge < -0.3 is 10.2 Å². The van der Waals surface area contributed by atoms with Crippen LogP contribution in [0.25, 0.3) is 6.08 Å². The van der Waals surface area contributed by atoms with Crippen molar-refractivity contribution >= 4 is 46.3 Å². The second-order valence-corrected chi connectivity index (χ2v) is 6.21. The van der Waals surface area contributed by atoms with Crippen LogP contribution >= 0.6 is 24.0 Å². The lowest BCUT2D eigenvalue weighted by Crippen LogP contribution is -2.29. The number of amides is 1. The van der Waals surface area contributed by atoms with Crippen molar-refractivity contribution < 1.29 is 24.2 Å². The molecule has 0 radical (unpaired) electrons. The van der Waals surface area contributed by atoms with E-state index in [1.54, 1.807) is 0 Å². The van der Waals surface area contributed by atoms with Gasteiger partial charge in [0.05, 0.1) is 4.91 Å². The Morgan fingerprint density at radius 3 is 2.86 bits per heavy atom. The monoisotopic (exact) mass is 341 g/mol. The molecule has 1 aliphatic rings. The summed E-state index contributed by atoms with van der Waals surface area (Å²) in [5.74, 6) is -1.98. The number of carbonyl (C=O) groups excluding carboxylic acids is 1. The van der Waals surface area contributed by atoms with Gasteiger partial charge in [-0.05, 0) is 30.7 Å². The molecular weight excluding hydrogens is 329 g/mol. The maximum atomic E-state index is 13.2. The van der Waals surface area contributed by atoms with Crippen LogP contribution in [0.5, 0.6) is 5.75 Å². The van der Waals surface area contributed by atoms with Gasteiger partial charge in [-0.2, -0.15) is 0 Å². The Balaban J connectivity index is 2.15. The second-order valence-electron chi connectivity index (χ2n) is 4.53. The summed E-state index contributed by atoms with van der Waals surface area (Å²) in [4.78, 5) is 24.3. The number of nitrogens with zero attached hydrogens (tertiary/aromatic N) is 1. The zero-order chi connectivity index (χ0) is 16.3. The van der Waals surface area contributed by atoms with E-state index in [2.05, 4.69) is 0 Å². The van der Waals surface area contributed by atoms with Crippen LogP contribution in [0.1, 0.15) is 18.4 Å². The van der Waals surface area contributed by atoms with Crippen molar-refractivity contribution in [1.82, 2.24) is 4.90 Å². The van der Waals surface area contributed by atoms with E-state index in [0.29, 0.717) is 10.7 Å². The number of carboxylic acids is 1. The SMILES string of the molecule is O=C(O)CCCN1C(=O)C(=Cc2cc(F)ccc2O)SC1=S. The molecule has 1 aromatic carbocycles. The van der Waals surface area contributed by atoms with Gasteiger partial charge in [-0.25, -0.2) is 4.39 Å². The summed E-state index contributed by atoms with van der Waals surface area (Å²) in [6.45, 7) is 0.212. The third-order valence-corrected chi connectivity index (χ3v) is 4.30. The number of hydrogen-bond donors (Lipinski definition) is 2. The number of hydrogen-bond acceptors (Lipinski definition) is 5. The first-order valence-corrected chi connectivity index (χ1v) is 7.56. The van der Waals surface area contributed by atoms with E-state index in [1.807, 2.05) is 0 Å². The van der Waals surface area contributed by atoms with E-state index in [4.69, 9.17) is 17.3 Å². The number of thiocarbonyl (C=S) groups is 1. The van der Waals surface area contributed by atoms with Gasteiger partial charge in [-0.15, -0.1) is 0 Å². The van der Waals surface area contributed by atoms with Gasteiger partial charge in [0.15, 0.2) is 0 Å². The molecule has 1 fully saturated rings. The molecule has 2 rings (SSSR count). The minimum atomic E-state index is -0.939. The Morgan fingerprint density at radius 1 is 1.45 bits per heavy atom. The number of halogens is 1. The molecule has 0 aromatic heterocycles.